The van der Waals surface area contributed by atoms with E-state index in [9.17, 15) is 82.1 Å². The van der Waals surface area contributed by atoms with Crippen molar-refractivity contribution in [2.24, 2.45) is 35.0 Å². The van der Waals surface area contributed by atoms with Crippen LogP contribution < -0.4 is 75.7 Å². The van der Waals surface area contributed by atoms with E-state index in [4.69, 9.17) is 28.8 Å². The number of likely N-dealkylation sites (tertiary alicyclic amines) is 2. The number of nitrogens with one attached hydrogen (secondary N) is 11. The highest BCUT2D eigenvalue weighted by atomic mass is 35.5. The number of alkyl halides is 1. The fraction of sp³-hybridized carbons (Fsp3) is 0.691. The summed E-state index contributed by atoms with van der Waals surface area (Å²) < 4.78 is 0. The second-order valence-corrected chi connectivity index (χ2v) is 29.4. The van der Waals surface area contributed by atoms with E-state index in [1.165, 1.54) is 47.2 Å². The van der Waals surface area contributed by atoms with E-state index < -0.39 is 193 Å². The van der Waals surface area contributed by atoms with Gasteiger partial charge >= 0.3 is 0 Å². The average Bonchev–Trinajstić information content (AvgIpc) is 1.65. The highest BCUT2D eigenvalue weighted by Gasteiger charge is 2.43. The molecule has 0 bridgehead atoms. The lowest BCUT2D eigenvalue weighted by Crippen LogP contribution is -2.62. The Morgan fingerprint density at radius 1 is 0.558 bits per heavy atom. The highest BCUT2D eigenvalue weighted by Crippen LogP contribution is 2.23. The van der Waals surface area contributed by atoms with Gasteiger partial charge in [-0.3, -0.25) is 71.9 Å². The van der Waals surface area contributed by atoms with Crippen molar-refractivity contribution in [1.29, 1.82) is 0 Å². The zero-order valence-electron chi connectivity index (χ0n) is 61.2. The van der Waals surface area contributed by atoms with E-state index in [0.717, 1.165) is 0 Å². The number of aliphatic hydroxyl groups is 2. The van der Waals surface area contributed by atoms with Crippen LogP contribution in [0.3, 0.4) is 0 Å². The third-order valence-corrected chi connectivity index (χ3v) is 19.1. The number of benzene rings is 1. The lowest BCUT2D eigenvalue weighted by atomic mass is 10.00. The zero-order valence-corrected chi connectivity index (χ0v) is 63.6. The van der Waals surface area contributed by atoms with Gasteiger partial charge in [0.2, 0.25) is 82.7 Å². The molecule has 19 N–H and O–H groups in total. The van der Waals surface area contributed by atoms with Crippen LogP contribution in [0.5, 0.6) is 0 Å². The van der Waals surface area contributed by atoms with E-state index in [1.54, 1.807) is 84.4 Å². The molecule has 584 valence electrons. The molecular formula is C68H111ClN16O17S2. The number of hydrogen-bond acceptors (Lipinski definition) is 21. The van der Waals surface area contributed by atoms with Crippen molar-refractivity contribution in [3.05, 3.63) is 35.9 Å². The number of rotatable bonds is 46. The smallest absolute Gasteiger partial charge is 0.248 e. The van der Waals surface area contributed by atoms with E-state index in [2.05, 4.69) is 58.5 Å². The summed E-state index contributed by atoms with van der Waals surface area (Å²) in [6, 6.07) is -8.36. The van der Waals surface area contributed by atoms with Gasteiger partial charge in [-0.05, 0) is 132 Å². The fourth-order valence-electron chi connectivity index (χ4n) is 11.6. The SMILES string of the molecule is CSCC[C@H](NC(=O)[C@H](CCSC)NC(=O)[C@@H]1CCCN1C(=O)[C@H](CC(C)C)NC(=O)[C@@H](NC(=O)[C@H](CC(N)=O)NC(=O)[C@H](Cc1ccccc1)NC(=O)[C@@H](N)C(C)C)[C@@H](C)O)C(=O)NCC(=O)N[C@@H](CCCCN)C(=O)N[C@@H](C)C(=O)N[C@@H](CO)C(=O)N1CCC[C@H]1C(=O)N[C@H](C(=O)CCl)C(C)C. The number of thioether (sulfide) groups is 2. The maximum atomic E-state index is 14.7. The molecule has 2 aliphatic rings. The summed E-state index contributed by atoms with van der Waals surface area (Å²) in [6.45, 7) is 11.7. The first-order valence-corrected chi connectivity index (χ1v) is 38.5. The first kappa shape index (κ1) is 90.5. The molecule has 0 aromatic heterocycles. The predicted octanol–water partition coefficient (Wildman–Crippen LogP) is -3.43. The first-order valence-electron chi connectivity index (χ1n) is 35.2. The summed E-state index contributed by atoms with van der Waals surface area (Å²) in [7, 11) is 0. The van der Waals surface area contributed by atoms with Crippen LogP contribution in [0.2, 0.25) is 0 Å². The van der Waals surface area contributed by atoms with Crippen molar-refractivity contribution < 1.29 is 82.1 Å². The topological polar surface area (TPSA) is 513 Å². The standard InChI is InChI=1S/C68H111ClN16O17S2/c1-36(2)30-47(80-66(100)56(40(8)87)83-62(96)46(32-52(71)89)78-61(95)45(31-41-18-12-11-13-19-41)79-65(99)54(72)37(3)4)67(101)84-26-16-21-49(84)63(97)77-44(24-29-104-10)60(94)76-43(23-28-103-9)58(92)73-34-53(90)75-42(20-14-15-25-70)59(93)74-39(7)57(91)81-48(35-86)68(102)85-27-17-22-50(85)64(98)82-55(38(5)6)51(88)33-69/h11-13,18-19,36-40,42-50,54-56,86-87H,14-17,20-35,70,72H2,1-10H3,(H2,71,89)(H,73,92)(H,74,93)(H,75,90)(H,76,94)(H,77,97)(H,78,95)(H,79,99)(H,80,100)(H,81,91)(H,82,98)(H,83,96)/t39-,40+,42-,43-,44-,45-,46-,47-,48-,49-,50-,54-,55-,56-/m0/s1. The van der Waals surface area contributed by atoms with Crippen LogP contribution in [-0.4, -0.2) is 256 Å². The van der Waals surface area contributed by atoms with Crippen LogP contribution in [0.25, 0.3) is 0 Å². The quantitative estimate of drug-likeness (QED) is 0.0223. The Morgan fingerprint density at radius 3 is 1.58 bits per heavy atom. The second kappa shape index (κ2) is 46.3. The van der Waals surface area contributed by atoms with Crippen LogP contribution >= 0.6 is 35.1 Å². The summed E-state index contributed by atoms with van der Waals surface area (Å²) in [5.74, 6) is -12.6. The van der Waals surface area contributed by atoms with Gasteiger partial charge in [-0.15, -0.1) is 11.6 Å². The molecule has 0 saturated carbocycles. The van der Waals surface area contributed by atoms with E-state index >= 15 is 0 Å². The Labute approximate surface area is 621 Å². The molecule has 1 aromatic carbocycles. The van der Waals surface area contributed by atoms with Gasteiger partial charge in [-0.25, -0.2) is 0 Å². The van der Waals surface area contributed by atoms with Crippen LogP contribution in [-0.2, 0) is 78.3 Å². The van der Waals surface area contributed by atoms with Crippen molar-refractivity contribution >= 4 is 124 Å². The number of Topliss-reactive ketones (excluding diaryl/α,β-unsaturated/α-hetero) is 1. The van der Waals surface area contributed by atoms with Crippen molar-refractivity contribution in [2.75, 3.05) is 62.7 Å². The largest absolute Gasteiger partial charge is 0.394 e. The summed E-state index contributed by atoms with van der Waals surface area (Å²) in [6.07, 6.45) is 3.14. The maximum absolute atomic E-state index is 14.7. The highest BCUT2D eigenvalue weighted by molar-refractivity contribution is 7.98. The maximum Gasteiger partial charge on any atom is 0.248 e. The van der Waals surface area contributed by atoms with Gasteiger partial charge in [-0.1, -0.05) is 71.9 Å². The summed E-state index contributed by atoms with van der Waals surface area (Å²) in [4.78, 5) is 208. The van der Waals surface area contributed by atoms with Crippen LogP contribution in [0.15, 0.2) is 30.3 Å². The third kappa shape index (κ3) is 29.7. The number of amides is 14. The number of primary amides is 1. The van der Waals surface area contributed by atoms with Gasteiger partial charge in [0.1, 0.15) is 66.5 Å². The van der Waals surface area contributed by atoms with Crippen molar-refractivity contribution in [3.8, 4) is 0 Å². The number of halogens is 1. The fourth-order valence-corrected chi connectivity index (χ4v) is 12.7. The molecule has 2 heterocycles. The minimum atomic E-state index is -1.80. The monoisotopic (exact) mass is 1520 g/mol. The van der Waals surface area contributed by atoms with Crippen LogP contribution in [0.4, 0.5) is 0 Å². The Morgan fingerprint density at radius 2 is 1.06 bits per heavy atom. The van der Waals surface area contributed by atoms with Gasteiger partial charge in [0.05, 0.1) is 43.6 Å². The van der Waals surface area contributed by atoms with Crippen LogP contribution in [0, 0.1) is 17.8 Å². The summed E-state index contributed by atoms with van der Waals surface area (Å²) in [5.41, 5.74) is 18.0. The Balaban J connectivity index is 1.74. The number of ketones is 1. The number of hydrogen-bond donors (Lipinski definition) is 16. The molecule has 2 aliphatic heterocycles. The molecule has 36 heteroatoms. The molecule has 104 heavy (non-hydrogen) atoms. The zero-order chi connectivity index (χ0) is 78.1. The van der Waals surface area contributed by atoms with Crippen molar-refractivity contribution in [1.82, 2.24) is 68.3 Å². The lowest BCUT2D eigenvalue weighted by molar-refractivity contribution is -0.143. The normalized spacial score (nSPS) is 17.8. The van der Waals surface area contributed by atoms with E-state index in [-0.39, 0.29) is 88.2 Å². The molecule has 14 amide bonds. The molecule has 0 spiro atoms. The molecule has 1 aromatic rings. The molecular weight excluding hydrogens is 1410 g/mol. The minimum Gasteiger partial charge on any atom is -0.394 e. The first-order chi connectivity index (χ1) is 49.1. The number of carbonyl (C=O) groups excluding carboxylic acids is 15. The molecule has 2 saturated heterocycles. The molecule has 0 unspecified atom stereocenters. The van der Waals surface area contributed by atoms with Gasteiger partial charge in [0, 0.05) is 19.5 Å². The number of carbonyl (C=O) groups is 15. The van der Waals surface area contributed by atoms with Crippen molar-refractivity contribution in [3.63, 3.8) is 0 Å². The number of nitrogens with zero attached hydrogens (tertiary/aromatic N) is 2. The van der Waals surface area contributed by atoms with E-state index in [1.807, 2.05) is 0 Å². The molecule has 33 nitrogen and oxygen atoms in total. The third-order valence-electron chi connectivity index (χ3n) is 17.5. The van der Waals surface area contributed by atoms with Gasteiger partial charge in [0.25, 0.3) is 0 Å². The van der Waals surface area contributed by atoms with Gasteiger partial charge in [-0.2, -0.15) is 23.5 Å². The Bertz CT molecular complexity index is 3090. The molecule has 3 rings (SSSR count). The second-order valence-electron chi connectivity index (χ2n) is 27.2. The van der Waals surface area contributed by atoms with Crippen LogP contribution in [0.1, 0.15) is 132 Å². The number of nitrogens with two attached hydrogens (primary N) is 3. The molecule has 14 atom stereocenters. The van der Waals surface area contributed by atoms with Crippen molar-refractivity contribution in [2.45, 2.75) is 217 Å². The Kier molecular flexibility index (Phi) is 40.3. The summed E-state index contributed by atoms with van der Waals surface area (Å²) in [5, 5.41) is 49.4. The van der Waals surface area contributed by atoms with Gasteiger partial charge in [0.15, 0.2) is 5.78 Å². The molecule has 0 radical (unpaired) electrons. The summed E-state index contributed by atoms with van der Waals surface area (Å²) >= 11 is 8.49. The molecule has 2 fully saturated rings. The Hall–Kier alpha value is -7.70. The molecule has 0 aliphatic carbocycles. The number of unbranched alkanes of at least 4 members (excludes halogenated alkanes) is 1. The predicted molar refractivity (Wildman–Crippen MR) is 392 cm³/mol. The number of aliphatic hydroxyl groups excluding tert-OH is 2. The average molecular weight is 1520 g/mol. The van der Waals surface area contributed by atoms with Gasteiger partial charge < -0.3 is 95.7 Å². The lowest BCUT2D eigenvalue weighted by Gasteiger charge is -2.32. The minimum absolute atomic E-state index is 0.00275. The van der Waals surface area contributed by atoms with E-state index in [0.29, 0.717) is 42.8 Å².